The normalized spacial score (nSPS) is 11.0. The molecule has 0 aromatic heterocycles. The van der Waals surface area contributed by atoms with Gasteiger partial charge < -0.3 is 10.1 Å². The Hall–Kier alpha value is -3.39. The number of halogens is 1. The van der Waals surface area contributed by atoms with E-state index < -0.39 is 28.3 Å². The lowest BCUT2D eigenvalue weighted by molar-refractivity contribution is -0.114. The lowest BCUT2D eigenvalue weighted by atomic mass is 10.2. The molecular formula is C22H21FN2O4S. The van der Waals surface area contributed by atoms with E-state index in [9.17, 15) is 17.6 Å². The number of amides is 1. The second kappa shape index (κ2) is 9.41. The number of anilines is 2. The number of carbonyl (C=O) groups excluding carboxylic acids is 1. The van der Waals surface area contributed by atoms with E-state index >= 15 is 0 Å². The van der Waals surface area contributed by atoms with Gasteiger partial charge in [-0.05, 0) is 42.0 Å². The minimum absolute atomic E-state index is 0.0133. The summed E-state index contributed by atoms with van der Waals surface area (Å²) in [5.74, 6) is -0.696. The Balaban J connectivity index is 1.69. The van der Waals surface area contributed by atoms with Crippen molar-refractivity contribution in [3.05, 3.63) is 90.2 Å². The fourth-order valence-electron chi connectivity index (χ4n) is 2.73. The van der Waals surface area contributed by atoms with Crippen LogP contribution < -0.4 is 14.4 Å². The summed E-state index contributed by atoms with van der Waals surface area (Å²) in [5, 5.41) is 2.39. The molecule has 1 amide bonds. The quantitative estimate of drug-likeness (QED) is 0.592. The third-order valence-corrected chi connectivity index (χ3v) is 5.35. The van der Waals surface area contributed by atoms with E-state index in [4.69, 9.17) is 4.74 Å². The molecular weight excluding hydrogens is 407 g/mol. The molecule has 3 aromatic rings. The van der Waals surface area contributed by atoms with E-state index in [0.29, 0.717) is 18.0 Å². The number of rotatable bonds is 8. The highest BCUT2D eigenvalue weighted by Gasteiger charge is 2.21. The van der Waals surface area contributed by atoms with Crippen LogP contribution in [0.4, 0.5) is 15.8 Å². The number of carbonyl (C=O) groups is 1. The maximum atomic E-state index is 13.7. The van der Waals surface area contributed by atoms with Crippen molar-refractivity contribution >= 4 is 27.3 Å². The van der Waals surface area contributed by atoms with Crippen molar-refractivity contribution in [2.75, 3.05) is 22.4 Å². The van der Waals surface area contributed by atoms with Gasteiger partial charge in [-0.15, -0.1) is 0 Å². The number of benzene rings is 3. The highest BCUT2D eigenvalue weighted by molar-refractivity contribution is 7.92. The van der Waals surface area contributed by atoms with Gasteiger partial charge in [-0.25, -0.2) is 12.8 Å². The van der Waals surface area contributed by atoms with Gasteiger partial charge in [0.05, 0.1) is 17.6 Å². The summed E-state index contributed by atoms with van der Waals surface area (Å²) in [6.45, 7) is -0.113. The van der Waals surface area contributed by atoms with Gasteiger partial charge in [0, 0.05) is 0 Å². The van der Waals surface area contributed by atoms with Gasteiger partial charge in [0.25, 0.3) is 0 Å². The Morgan fingerprint density at radius 2 is 1.60 bits per heavy atom. The molecule has 156 valence electrons. The Morgan fingerprint density at radius 1 is 0.967 bits per heavy atom. The minimum Gasteiger partial charge on any atom is -0.489 e. The molecule has 0 radical (unpaired) electrons. The van der Waals surface area contributed by atoms with Gasteiger partial charge in [-0.2, -0.15) is 0 Å². The van der Waals surface area contributed by atoms with Crippen LogP contribution in [0.25, 0.3) is 0 Å². The summed E-state index contributed by atoms with van der Waals surface area (Å²) in [6, 6.07) is 21.7. The molecule has 0 aliphatic heterocycles. The monoisotopic (exact) mass is 428 g/mol. The fraction of sp³-hybridized carbons (Fsp3) is 0.136. The minimum atomic E-state index is -3.75. The first kappa shape index (κ1) is 21.3. The summed E-state index contributed by atoms with van der Waals surface area (Å²) in [7, 11) is -3.75. The summed E-state index contributed by atoms with van der Waals surface area (Å²) >= 11 is 0. The Labute approximate surface area is 175 Å². The van der Waals surface area contributed by atoms with Crippen molar-refractivity contribution in [3.63, 3.8) is 0 Å². The highest BCUT2D eigenvalue weighted by atomic mass is 32.2. The average molecular weight is 428 g/mol. The number of para-hydroxylation sites is 1. The molecule has 0 unspecified atom stereocenters. The summed E-state index contributed by atoms with van der Waals surface area (Å²) in [4.78, 5) is 12.3. The molecule has 6 nitrogen and oxygen atoms in total. The first-order chi connectivity index (χ1) is 14.3. The topological polar surface area (TPSA) is 75.7 Å². The zero-order chi connectivity index (χ0) is 21.6. The number of hydrogen-bond acceptors (Lipinski definition) is 4. The SMILES string of the molecule is CS(=O)(=O)N(CC(=O)Nc1ccccc1F)c1ccc(OCc2ccccc2)cc1. The molecule has 8 heteroatoms. The second-order valence-electron chi connectivity index (χ2n) is 6.57. The Bertz CT molecular complexity index is 1100. The van der Waals surface area contributed by atoms with Gasteiger partial charge in [0.2, 0.25) is 15.9 Å². The van der Waals surface area contributed by atoms with Crippen molar-refractivity contribution in [2.24, 2.45) is 0 Å². The van der Waals surface area contributed by atoms with Crippen molar-refractivity contribution in [2.45, 2.75) is 6.61 Å². The third-order valence-electron chi connectivity index (χ3n) is 4.21. The Morgan fingerprint density at radius 3 is 2.23 bits per heavy atom. The highest BCUT2D eigenvalue weighted by Crippen LogP contribution is 2.22. The van der Waals surface area contributed by atoms with Gasteiger partial charge in [0.1, 0.15) is 24.7 Å². The standard InChI is InChI=1S/C22H21FN2O4S/c1-30(27,28)25(15-22(26)24-21-10-6-5-9-20(21)23)18-11-13-19(14-12-18)29-16-17-7-3-2-4-8-17/h2-14H,15-16H2,1H3,(H,24,26). The van der Waals surface area contributed by atoms with Crippen molar-refractivity contribution in [1.82, 2.24) is 0 Å². The van der Waals surface area contributed by atoms with E-state index in [1.807, 2.05) is 30.3 Å². The van der Waals surface area contributed by atoms with Gasteiger partial charge in [-0.1, -0.05) is 42.5 Å². The van der Waals surface area contributed by atoms with E-state index in [0.717, 1.165) is 16.1 Å². The van der Waals surface area contributed by atoms with Gasteiger partial charge in [-0.3, -0.25) is 9.10 Å². The first-order valence-corrected chi connectivity index (χ1v) is 11.0. The lowest BCUT2D eigenvalue weighted by Gasteiger charge is -2.22. The molecule has 1 N–H and O–H groups in total. The molecule has 0 bridgehead atoms. The second-order valence-corrected chi connectivity index (χ2v) is 8.47. The molecule has 0 spiro atoms. The van der Waals surface area contributed by atoms with Crippen LogP contribution in [0.3, 0.4) is 0 Å². The Kier molecular flexibility index (Phi) is 6.68. The summed E-state index contributed by atoms with van der Waals surface area (Å²) < 4.78 is 44.8. The van der Waals surface area contributed by atoms with Gasteiger partial charge >= 0.3 is 0 Å². The fourth-order valence-corrected chi connectivity index (χ4v) is 3.59. The predicted octanol–water partition coefficient (Wildman–Crippen LogP) is 3.81. The molecule has 0 fully saturated rings. The van der Waals surface area contributed by atoms with Crippen molar-refractivity contribution in [1.29, 1.82) is 0 Å². The van der Waals surface area contributed by atoms with E-state index in [-0.39, 0.29) is 5.69 Å². The maximum absolute atomic E-state index is 13.7. The number of nitrogens with zero attached hydrogens (tertiary/aromatic N) is 1. The molecule has 0 atom stereocenters. The lowest BCUT2D eigenvalue weighted by Crippen LogP contribution is -2.37. The van der Waals surface area contributed by atoms with E-state index in [1.165, 1.54) is 18.2 Å². The molecule has 0 aliphatic rings. The molecule has 0 heterocycles. The molecule has 0 aliphatic carbocycles. The smallest absolute Gasteiger partial charge is 0.245 e. The summed E-state index contributed by atoms with van der Waals surface area (Å²) in [5.41, 5.74) is 1.29. The third kappa shape index (κ3) is 5.81. The molecule has 3 aromatic carbocycles. The first-order valence-electron chi connectivity index (χ1n) is 9.12. The van der Waals surface area contributed by atoms with Crippen LogP contribution >= 0.6 is 0 Å². The number of nitrogens with one attached hydrogen (secondary N) is 1. The van der Waals surface area contributed by atoms with Crippen LogP contribution in [0, 0.1) is 5.82 Å². The molecule has 3 rings (SSSR count). The van der Waals surface area contributed by atoms with E-state index in [2.05, 4.69) is 5.32 Å². The number of hydrogen-bond donors (Lipinski definition) is 1. The van der Waals surface area contributed by atoms with Crippen LogP contribution in [-0.2, 0) is 21.4 Å². The zero-order valence-corrected chi connectivity index (χ0v) is 17.1. The van der Waals surface area contributed by atoms with Crippen LogP contribution in [0.15, 0.2) is 78.9 Å². The van der Waals surface area contributed by atoms with Crippen molar-refractivity contribution in [3.8, 4) is 5.75 Å². The average Bonchev–Trinajstić information content (AvgIpc) is 2.73. The van der Waals surface area contributed by atoms with Crippen LogP contribution in [0.1, 0.15) is 5.56 Å². The summed E-state index contributed by atoms with van der Waals surface area (Å²) in [6.07, 6.45) is 1.00. The van der Waals surface area contributed by atoms with E-state index in [1.54, 1.807) is 30.3 Å². The molecule has 0 saturated carbocycles. The molecule has 0 saturated heterocycles. The molecule has 30 heavy (non-hydrogen) atoms. The maximum Gasteiger partial charge on any atom is 0.245 e. The van der Waals surface area contributed by atoms with Gasteiger partial charge in [0.15, 0.2) is 0 Å². The zero-order valence-electron chi connectivity index (χ0n) is 16.3. The predicted molar refractivity (Wildman–Crippen MR) is 114 cm³/mol. The largest absolute Gasteiger partial charge is 0.489 e. The van der Waals surface area contributed by atoms with Crippen molar-refractivity contribution < 1.29 is 22.3 Å². The van der Waals surface area contributed by atoms with Crippen LogP contribution in [0.2, 0.25) is 0 Å². The number of ether oxygens (including phenoxy) is 1. The van der Waals surface area contributed by atoms with Crippen LogP contribution in [0.5, 0.6) is 5.75 Å². The number of sulfonamides is 1. The van der Waals surface area contributed by atoms with Crippen LogP contribution in [-0.4, -0.2) is 27.1 Å².